The van der Waals surface area contributed by atoms with Crippen molar-refractivity contribution in [2.24, 2.45) is 0 Å². The van der Waals surface area contributed by atoms with Crippen LogP contribution in [-0.4, -0.2) is 77.7 Å². The third kappa shape index (κ3) is 36.5. The lowest BCUT2D eigenvalue weighted by Crippen LogP contribution is -2.21. The van der Waals surface area contributed by atoms with Crippen molar-refractivity contribution in [1.29, 1.82) is 0 Å². The van der Waals surface area contributed by atoms with Crippen molar-refractivity contribution in [3.8, 4) is 34.5 Å². The molecule has 0 saturated carbocycles. The Morgan fingerprint density at radius 1 is 0.275 bits per heavy atom. The molecule has 0 aliphatic rings. The molecule has 0 saturated heterocycles. The molecule has 0 spiro atoms. The largest absolute Gasteiger partial charge is 0.488 e. The van der Waals surface area contributed by atoms with Crippen LogP contribution in [0.5, 0.6) is 34.5 Å². The fourth-order valence-corrected chi connectivity index (χ4v) is 17.7. The number of hydrogen-bond acceptors (Lipinski definition) is 12. The van der Waals surface area contributed by atoms with Gasteiger partial charge in [0.25, 0.3) is 0 Å². The van der Waals surface area contributed by atoms with Gasteiger partial charge < -0.3 is 60.3 Å². The molecular weight excluding hydrogens is 2250 g/mol. The summed E-state index contributed by atoms with van der Waals surface area (Å²) in [6, 6.07) is 71.3. The second-order valence-electron chi connectivity index (χ2n) is 29.9. The molecular formula is C103H106Br7ClFIN6O12. The van der Waals surface area contributed by atoms with Crippen LogP contribution in [0.1, 0.15) is 106 Å². The van der Waals surface area contributed by atoms with Gasteiger partial charge in [-0.05, 0) is 347 Å². The SMILES string of the molecule is CNC(=O)Cc1cccc(Br)c1COc1ccc(C)cc1Br.CNC(=O)Cc1cccc(C)c1COc1ccc(C)cc1Br.CNC(=O)Cc1cccc(Cl)c1COc1ccc(C)cc1Br.CNC(=O)Cc1cccc(F)c1COc1ccc(C)cc1Br.CNC(=O)Cc1cccc(I)c1COc1ccc(C)cc1Br.CNC(=O)Cc1ccccc1COc1ccc(C)cc1Br. The molecule has 0 aromatic heterocycles. The first-order valence-corrected chi connectivity index (χ1v) is 48.4. The van der Waals surface area contributed by atoms with Gasteiger partial charge >= 0.3 is 0 Å². The van der Waals surface area contributed by atoms with E-state index in [0.29, 0.717) is 80.6 Å². The van der Waals surface area contributed by atoms with Crippen LogP contribution in [0, 0.1) is 57.9 Å². The van der Waals surface area contributed by atoms with E-state index in [2.05, 4.69) is 166 Å². The predicted molar refractivity (Wildman–Crippen MR) is 555 cm³/mol. The summed E-state index contributed by atoms with van der Waals surface area (Å²) in [6.07, 6.45) is 1.84. The third-order valence-electron chi connectivity index (χ3n) is 20.0. The van der Waals surface area contributed by atoms with Crippen molar-refractivity contribution in [1.82, 2.24) is 31.9 Å². The monoisotopic (exact) mass is 2350 g/mol. The van der Waals surface area contributed by atoms with E-state index in [0.717, 1.165) is 136 Å². The van der Waals surface area contributed by atoms with Gasteiger partial charge in [0.1, 0.15) is 80.0 Å². The number of rotatable bonds is 30. The smallest absolute Gasteiger partial charge is 0.224 e. The number of ether oxygens (including phenoxy) is 6. The van der Waals surface area contributed by atoms with Crippen molar-refractivity contribution in [2.45, 2.75) is 127 Å². The quantitative estimate of drug-likeness (QED) is 0.0231. The van der Waals surface area contributed by atoms with E-state index in [1.165, 1.54) is 28.3 Å². The number of carbonyl (C=O) groups is 6. The summed E-state index contributed by atoms with van der Waals surface area (Å²) >= 11 is 33.0. The summed E-state index contributed by atoms with van der Waals surface area (Å²) in [6.45, 7) is 16.3. The summed E-state index contributed by atoms with van der Waals surface area (Å²) < 4.78 is 56.7. The second-order valence-corrected chi connectivity index (χ2v) is 37.5. The standard InChI is InChI=1S/C18H20BrNO2.C17H17Br2NO2.C17H17BrClNO2.C17H17BrFNO2.C17H17BrINO2.C17H18BrNO2/c1-12-7-8-17(16(19)9-12)22-11-15-13(2)5-4-6-14(15)10-18(21)20-3;1-11-6-7-16(15(19)8-11)22-10-13-12(9-17(21)20-2)4-3-5-14(13)18;3*1-11-6-7-16(14(18)8-11)22-10-13-12(9-17(21)20-2)4-3-5-15(13)19;1-12-7-8-16(15(18)9-12)21-11-14-6-4-3-5-13(14)10-17(20)19-2/h4-9H,10-11H2,1-3H3,(H,20,21);4*3-8H,9-10H2,1-2H3,(H,20,21);3-9H,10-11H2,1-2H3,(H,19,20). The second kappa shape index (κ2) is 56.6. The Morgan fingerprint density at radius 2 is 0.527 bits per heavy atom. The van der Waals surface area contributed by atoms with Gasteiger partial charge in [-0.3, -0.25) is 28.8 Å². The minimum Gasteiger partial charge on any atom is -0.488 e. The minimum absolute atomic E-state index is 0.000216. The van der Waals surface area contributed by atoms with Crippen LogP contribution >= 0.6 is 146 Å². The fourth-order valence-electron chi connectivity index (χ4n) is 12.5. The van der Waals surface area contributed by atoms with Crippen LogP contribution in [0.15, 0.2) is 256 Å². The maximum absolute atomic E-state index is 14.0. The van der Waals surface area contributed by atoms with Crippen LogP contribution < -0.4 is 60.3 Å². The van der Waals surface area contributed by atoms with Crippen molar-refractivity contribution in [3.05, 3.63) is 376 Å². The number of nitrogens with one attached hydrogen (secondary N) is 6. The number of halogens is 10. The Bertz CT molecular complexity index is 5220. The van der Waals surface area contributed by atoms with Crippen LogP contribution in [0.25, 0.3) is 0 Å². The van der Waals surface area contributed by atoms with Crippen LogP contribution in [0.4, 0.5) is 4.39 Å². The summed E-state index contributed by atoms with van der Waals surface area (Å²) in [5.41, 5.74) is 18.9. The Balaban J connectivity index is 0.000000215. The molecule has 12 rings (SSSR count). The summed E-state index contributed by atoms with van der Waals surface area (Å²) in [5, 5.41) is 16.4. The molecule has 18 nitrogen and oxygen atoms in total. The lowest BCUT2D eigenvalue weighted by Gasteiger charge is -2.14. The molecule has 0 aliphatic carbocycles. The van der Waals surface area contributed by atoms with E-state index in [4.69, 9.17) is 40.0 Å². The van der Waals surface area contributed by atoms with E-state index in [9.17, 15) is 33.2 Å². The van der Waals surface area contributed by atoms with Crippen molar-refractivity contribution in [3.63, 3.8) is 0 Å². The highest BCUT2D eigenvalue weighted by Gasteiger charge is 2.20. The Kier molecular flexibility index (Phi) is 46.9. The Morgan fingerprint density at radius 3 is 0.885 bits per heavy atom. The molecule has 0 atom stereocenters. The normalized spacial score (nSPS) is 10.3. The molecule has 28 heteroatoms. The van der Waals surface area contributed by atoms with E-state index < -0.39 is 0 Å². The third-order valence-corrected chi connectivity index (χ3v) is 25.9. The number of amides is 6. The molecule has 6 amide bonds. The molecule has 131 heavy (non-hydrogen) atoms. The van der Waals surface area contributed by atoms with Crippen molar-refractivity contribution in [2.75, 3.05) is 42.3 Å². The maximum Gasteiger partial charge on any atom is 0.224 e. The van der Waals surface area contributed by atoms with Crippen molar-refractivity contribution < 1.29 is 61.6 Å². The fraction of sp³-hybridized carbons (Fsp3) is 0.243. The minimum atomic E-state index is -0.371. The first-order valence-electron chi connectivity index (χ1n) is 41.4. The van der Waals surface area contributed by atoms with Crippen LogP contribution in [0.3, 0.4) is 0 Å². The molecule has 690 valence electrons. The van der Waals surface area contributed by atoms with Gasteiger partial charge in [0, 0.05) is 77.6 Å². The highest BCUT2D eigenvalue weighted by Crippen LogP contribution is 2.35. The van der Waals surface area contributed by atoms with Gasteiger partial charge in [-0.1, -0.05) is 155 Å². The number of benzene rings is 12. The molecule has 0 radical (unpaired) electrons. The zero-order valence-electron chi connectivity index (χ0n) is 75.0. The summed E-state index contributed by atoms with van der Waals surface area (Å²) in [5.74, 6) is 3.97. The Labute approximate surface area is 845 Å². The molecule has 0 heterocycles. The van der Waals surface area contributed by atoms with Gasteiger partial charge in [-0.25, -0.2) is 4.39 Å². The molecule has 12 aromatic carbocycles. The lowest BCUT2D eigenvalue weighted by molar-refractivity contribution is -0.120. The number of hydrogen-bond donors (Lipinski definition) is 6. The zero-order chi connectivity index (χ0) is 95.8. The number of aryl methyl sites for hydroxylation is 7. The van der Waals surface area contributed by atoms with E-state index in [1.807, 2.05) is 249 Å². The van der Waals surface area contributed by atoms with Crippen LogP contribution in [0.2, 0.25) is 5.02 Å². The molecule has 0 unspecified atom stereocenters. The van der Waals surface area contributed by atoms with E-state index in [-0.39, 0.29) is 60.7 Å². The number of carbonyl (C=O) groups excluding carboxylic acids is 6. The van der Waals surface area contributed by atoms with E-state index >= 15 is 0 Å². The maximum atomic E-state index is 14.0. The summed E-state index contributed by atoms with van der Waals surface area (Å²) in [7, 11) is 9.76. The lowest BCUT2D eigenvalue weighted by atomic mass is 10.00. The number of likely N-dealkylation sites (N-methyl/N-ethyl adjacent to an activating group) is 6. The molecule has 12 aromatic rings. The molecule has 0 aliphatic heterocycles. The van der Waals surface area contributed by atoms with Gasteiger partial charge in [0.15, 0.2) is 0 Å². The average molecular weight is 2360 g/mol. The zero-order valence-corrected chi connectivity index (χ0v) is 89.0. The molecule has 0 bridgehead atoms. The molecule has 6 N–H and O–H groups in total. The molecule has 0 fully saturated rings. The highest BCUT2D eigenvalue weighted by molar-refractivity contribution is 14.1. The first-order chi connectivity index (χ1) is 62.6. The van der Waals surface area contributed by atoms with Gasteiger partial charge in [0.2, 0.25) is 35.4 Å². The average Bonchev–Trinajstić information content (AvgIpc) is 0.849. The van der Waals surface area contributed by atoms with Gasteiger partial charge in [-0.2, -0.15) is 0 Å². The summed E-state index contributed by atoms with van der Waals surface area (Å²) in [4.78, 5) is 69.6. The topological polar surface area (TPSA) is 230 Å². The van der Waals surface area contributed by atoms with E-state index in [1.54, 1.807) is 60.5 Å². The van der Waals surface area contributed by atoms with Gasteiger partial charge in [0.05, 0.1) is 65.4 Å². The van der Waals surface area contributed by atoms with Crippen molar-refractivity contribution >= 4 is 181 Å². The highest BCUT2D eigenvalue weighted by atomic mass is 127. The van der Waals surface area contributed by atoms with Gasteiger partial charge in [-0.15, -0.1) is 0 Å². The Hall–Kier alpha value is -9.43. The predicted octanol–water partition coefficient (Wildman–Crippen LogP) is 24.2. The first kappa shape index (κ1) is 109. The van der Waals surface area contributed by atoms with Crippen LogP contribution in [-0.2, 0) is 107 Å².